The summed E-state index contributed by atoms with van der Waals surface area (Å²) in [4.78, 5) is 19.0. The molecule has 0 spiro atoms. The van der Waals surface area contributed by atoms with Gasteiger partial charge in [-0.25, -0.2) is 9.49 Å². The van der Waals surface area contributed by atoms with Gasteiger partial charge in [-0.15, -0.1) is 0 Å². The van der Waals surface area contributed by atoms with Crippen molar-refractivity contribution in [1.29, 1.82) is 5.26 Å². The number of nitrogens with zero attached hydrogens (tertiary/aromatic N) is 4. The molecule has 1 unspecified atom stereocenters. The van der Waals surface area contributed by atoms with Crippen LogP contribution >= 0.6 is 0 Å². The third-order valence-electron chi connectivity index (χ3n) is 5.20. The zero-order valence-corrected chi connectivity index (χ0v) is 15.5. The third-order valence-corrected chi connectivity index (χ3v) is 5.20. The quantitative estimate of drug-likeness (QED) is 0.831. The number of hydrogen-bond donors (Lipinski definition) is 2. The molecule has 1 aromatic carbocycles. The van der Waals surface area contributed by atoms with E-state index in [0.717, 1.165) is 0 Å². The van der Waals surface area contributed by atoms with Crippen LogP contribution in [0.15, 0.2) is 53.3 Å². The number of ketones is 1. The largest absolute Gasteiger partial charge is 0.384 e. The lowest BCUT2D eigenvalue weighted by atomic mass is 9.68. The number of benzene rings is 1. The molecule has 3 N–H and O–H groups in total. The molecule has 0 saturated carbocycles. The fourth-order valence-electron chi connectivity index (χ4n) is 4.05. The number of nitrogens with two attached hydrogens (primary N) is 1. The average molecular weight is 378 g/mol. The van der Waals surface area contributed by atoms with Gasteiger partial charge in [0.15, 0.2) is 5.78 Å². The summed E-state index contributed by atoms with van der Waals surface area (Å²) < 4.78 is 13.5. The number of nitriles is 1. The molecule has 8 heteroatoms. The van der Waals surface area contributed by atoms with Gasteiger partial charge in [-0.05, 0) is 29.5 Å². The number of rotatable bonds is 2. The number of carbonyl (C=O) groups excluding carboxylic acids is 1. The van der Waals surface area contributed by atoms with Gasteiger partial charge in [0.1, 0.15) is 18.0 Å². The van der Waals surface area contributed by atoms with E-state index in [9.17, 15) is 14.4 Å². The van der Waals surface area contributed by atoms with Crippen molar-refractivity contribution in [2.75, 3.05) is 4.90 Å². The SMILES string of the molecule is CC1(C)CC(=O)C2=C(C1)N(c1ncn[nH]1)C(N)=C(C#N)C2c1ccc(F)cc1. The van der Waals surface area contributed by atoms with E-state index in [1.165, 1.54) is 18.5 Å². The maximum absolute atomic E-state index is 13.5. The van der Waals surface area contributed by atoms with Gasteiger partial charge in [-0.2, -0.15) is 15.3 Å². The molecule has 142 valence electrons. The standard InChI is InChI=1S/C20H19FN6O/c1-20(2)7-14-17(15(28)8-20)16(11-3-5-12(21)6-4-11)13(9-22)18(23)27(14)19-24-10-25-26-19/h3-6,10,16H,7-8,23H2,1-2H3,(H,24,25,26). The highest BCUT2D eigenvalue weighted by atomic mass is 19.1. The predicted octanol–water partition coefficient (Wildman–Crippen LogP) is 2.88. The predicted molar refractivity (Wildman–Crippen MR) is 99.9 cm³/mol. The number of Topliss-reactive ketones (excluding diaryl/α,β-unsaturated/α-hetero) is 1. The van der Waals surface area contributed by atoms with E-state index in [4.69, 9.17) is 5.73 Å². The Morgan fingerprint density at radius 3 is 2.64 bits per heavy atom. The summed E-state index contributed by atoms with van der Waals surface area (Å²) >= 11 is 0. The fourth-order valence-corrected chi connectivity index (χ4v) is 4.05. The molecule has 2 aromatic rings. The van der Waals surface area contributed by atoms with Gasteiger partial charge in [0.2, 0.25) is 5.95 Å². The second-order valence-electron chi connectivity index (χ2n) is 7.84. The molecule has 1 aliphatic carbocycles. The summed E-state index contributed by atoms with van der Waals surface area (Å²) in [5, 5.41) is 16.5. The number of carbonyl (C=O) groups is 1. The number of nitrogens with one attached hydrogen (secondary N) is 1. The minimum Gasteiger partial charge on any atom is -0.384 e. The average Bonchev–Trinajstić information content (AvgIpc) is 3.14. The van der Waals surface area contributed by atoms with E-state index in [-0.39, 0.29) is 28.4 Å². The van der Waals surface area contributed by atoms with Crippen LogP contribution in [-0.2, 0) is 4.79 Å². The maximum Gasteiger partial charge on any atom is 0.231 e. The van der Waals surface area contributed by atoms with E-state index < -0.39 is 5.92 Å². The number of aromatic nitrogens is 3. The molecule has 0 radical (unpaired) electrons. The van der Waals surface area contributed by atoms with Crippen LogP contribution in [0.4, 0.5) is 10.3 Å². The Morgan fingerprint density at radius 2 is 2.04 bits per heavy atom. The van der Waals surface area contributed by atoms with Crippen molar-refractivity contribution in [1.82, 2.24) is 15.2 Å². The number of hydrogen-bond acceptors (Lipinski definition) is 6. The van der Waals surface area contributed by atoms with Crippen molar-refractivity contribution >= 4 is 11.7 Å². The van der Waals surface area contributed by atoms with Gasteiger partial charge in [0.05, 0.1) is 17.6 Å². The van der Waals surface area contributed by atoms with Crippen LogP contribution in [0.3, 0.4) is 0 Å². The molecular formula is C20H19FN6O. The lowest BCUT2D eigenvalue weighted by Gasteiger charge is -2.42. The van der Waals surface area contributed by atoms with Crippen LogP contribution in [-0.4, -0.2) is 21.0 Å². The molecule has 0 amide bonds. The van der Waals surface area contributed by atoms with Crippen molar-refractivity contribution in [2.24, 2.45) is 11.1 Å². The molecule has 1 aromatic heterocycles. The van der Waals surface area contributed by atoms with Gasteiger partial charge >= 0.3 is 0 Å². The van der Waals surface area contributed by atoms with Gasteiger partial charge in [0.25, 0.3) is 0 Å². The molecule has 0 saturated heterocycles. The normalized spacial score (nSPS) is 21.6. The van der Waals surface area contributed by atoms with Gasteiger partial charge in [-0.1, -0.05) is 26.0 Å². The van der Waals surface area contributed by atoms with Crippen LogP contribution < -0.4 is 10.6 Å². The Hall–Kier alpha value is -3.47. The zero-order valence-electron chi connectivity index (χ0n) is 15.5. The number of allylic oxidation sites excluding steroid dienone is 3. The summed E-state index contributed by atoms with van der Waals surface area (Å²) in [6.07, 6.45) is 2.27. The van der Waals surface area contributed by atoms with E-state index in [1.54, 1.807) is 17.0 Å². The van der Waals surface area contributed by atoms with E-state index in [1.807, 2.05) is 13.8 Å². The highest BCUT2D eigenvalue weighted by molar-refractivity contribution is 6.01. The van der Waals surface area contributed by atoms with Gasteiger partial charge in [0, 0.05) is 17.7 Å². The van der Waals surface area contributed by atoms with Crippen molar-refractivity contribution in [3.8, 4) is 6.07 Å². The molecular weight excluding hydrogens is 359 g/mol. The molecule has 1 atom stereocenters. The van der Waals surface area contributed by atoms with E-state index >= 15 is 0 Å². The minimum absolute atomic E-state index is 0.0506. The van der Waals surface area contributed by atoms with Crippen LogP contribution in [0.1, 0.15) is 38.2 Å². The fraction of sp³-hybridized carbons (Fsp3) is 0.300. The Balaban J connectivity index is 1.99. The first kappa shape index (κ1) is 17.9. The molecule has 0 fully saturated rings. The monoisotopic (exact) mass is 378 g/mol. The summed E-state index contributed by atoms with van der Waals surface area (Å²) in [5.41, 5.74) is 8.22. The minimum atomic E-state index is -0.636. The van der Waals surface area contributed by atoms with Gasteiger partial charge < -0.3 is 5.73 Å². The summed E-state index contributed by atoms with van der Waals surface area (Å²) in [6, 6.07) is 7.97. The van der Waals surface area contributed by atoms with Crippen LogP contribution in [0.5, 0.6) is 0 Å². The number of H-pyrrole nitrogens is 1. The summed E-state index contributed by atoms with van der Waals surface area (Å²) in [7, 11) is 0. The molecule has 0 bridgehead atoms. The maximum atomic E-state index is 13.5. The van der Waals surface area contributed by atoms with Crippen LogP contribution in [0.25, 0.3) is 0 Å². The first-order chi connectivity index (χ1) is 13.3. The molecule has 4 rings (SSSR count). The zero-order chi connectivity index (χ0) is 20.1. The van der Waals surface area contributed by atoms with Crippen molar-refractivity contribution in [3.63, 3.8) is 0 Å². The molecule has 7 nitrogen and oxygen atoms in total. The molecule has 2 heterocycles. The number of halogens is 1. The van der Waals surface area contributed by atoms with E-state index in [2.05, 4.69) is 21.3 Å². The first-order valence-corrected chi connectivity index (χ1v) is 8.89. The van der Waals surface area contributed by atoms with Crippen molar-refractivity contribution in [3.05, 3.63) is 64.6 Å². The third kappa shape index (κ3) is 2.76. The Labute approximate surface area is 161 Å². The first-order valence-electron chi connectivity index (χ1n) is 8.89. The van der Waals surface area contributed by atoms with Crippen molar-refractivity contribution < 1.29 is 9.18 Å². The van der Waals surface area contributed by atoms with Crippen LogP contribution in [0, 0.1) is 22.6 Å². The molecule has 1 aliphatic heterocycles. The molecule has 2 aliphatic rings. The number of anilines is 1. The number of aromatic amines is 1. The van der Waals surface area contributed by atoms with Gasteiger partial charge in [-0.3, -0.25) is 9.69 Å². The Kier molecular flexibility index (Phi) is 4.03. The highest BCUT2D eigenvalue weighted by Gasteiger charge is 2.45. The second kappa shape index (κ2) is 6.30. The summed E-state index contributed by atoms with van der Waals surface area (Å²) in [5.74, 6) is -0.532. The van der Waals surface area contributed by atoms with Crippen LogP contribution in [0.2, 0.25) is 0 Å². The smallest absolute Gasteiger partial charge is 0.231 e. The lowest BCUT2D eigenvalue weighted by Crippen LogP contribution is -2.42. The Bertz CT molecular complexity index is 1040. The van der Waals surface area contributed by atoms with Crippen molar-refractivity contribution in [2.45, 2.75) is 32.6 Å². The second-order valence-corrected chi connectivity index (χ2v) is 7.84. The Morgan fingerprint density at radius 1 is 1.32 bits per heavy atom. The molecule has 28 heavy (non-hydrogen) atoms. The lowest BCUT2D eigenvalue weighted by molar-refractivity contribution is -0.118. The van der Waals surface area contributed by atoms with E-state index in [0.29, 0.717) is 35.6 Å². The summed E-state index contributed by atoms with van der Waals surface area (Å²) in [6.45, 7) is 4.03. The highest BCUT2D eigenvalue weighted by Crippen LogP contribution is 2.49. The topological polar surface area (TPSA) is 112 Å².